The van der Waals surface area contributed by atoms with Crippen LogP contribution >= 0.6 is 22.9 Å². The third-order valence-corrected chi connectivity index (χ3v) is 6.26. The lowest BCUT2D eigenvalue weighted by molar-refractivity contribution is 0.0737. The molecule has 3 heterocycles. The maximum Gasteiger partial charge on any atom is 0.266 e. The van der Waals surface area contributed by atoms with Crippen molar-refractivity contribution >= 4 is 34.8 Å². The van der Waals surface area contributed by atoms with Gasteiger partial charge in [-0.1, -0.05) is 23.7 Å². The van der Waals surface area contributed by atoms with E-state index in [2.05, 4.69) is 9.97 Å². The largest absolute Gasteiger partial charge is 0.347 e. The number of rotatable bonds is 4. The normalized spacial score (nSPS) is 16.3. The second-order valence-electron chi connectivity index (χ2n) is 7.30. The minimum absolute atomic E-state index is 0.0227. The van der Waals surface area contributed by atoms with Crippen LogP contribution < -0.4 is 4.90 Å². The summed E-state index contributed by atoms with van der Waals surface area (Å²) in [7, 11) is 3.83. The zero-order chi connectivity index (χ0) is 20.5. The monoisotopic (exact) mass is 427 g/mol. The fourth-order valence-corrected chi connectivity index (χ4v) is 4.61. The molecule has 3 aromatic rings. The van der Waals surface area contributed by atoms with E-state index < -0.39 is 0 Å². The van der Waals surface area contributed by atoms with Crippen molar-refractivity contribution in [3.63, 3.8) is 0 Å². The Balaban J connectivity index is 1.80. The molecule has 0 N–H and O–H groups in total. The molecule has 1 atom stereocenters. The summed E-state index contributed by atoms with van der Waals surface area (Å²) >= 11 is 7.62. The number of hydrogen-bond acceptors (Lipinski definition) is 6. The lowest BCUT2D eigenvalue weighted by Gasteiger charge is -2.26. The average molecular weight is 428 g/mol. The van der Waals surface area contributed by atoms with E-state index >= 15 is 0 Å². The predicted molar refractivity (Wildman–Crippen MR) is 117 cm³/mol. The van der Waals surface area contributed by atoms with Gasteiger partial charge in [-0.15, -0.1) is 11.3 Å². The number of aromatic nitrogens is 3. The van der Waals surface area contributed by atoms with Gasteiger partial charge >= 0.3 is 0 Å². The van der Waals surface area contributed by atoms with E-state index in [0.29, 0.717) is 22.4 Å². The molecule has 1 aromatic carbocycles. The number of carbonyl (C=O) groups is 1. The highest BCUT2D eigenvalue weighted by atomic mass is 35.5. The molecular weight excluding hydrogens is 406 g/mol. The molecule has 0 radical (unpaired) electrons. The quantitative estimate of drug-likeness (QED) is 0.608. The summed E-state index contributed by atoms with van der Waals surface area (Å²) < 4.78 is 0. The van der Waals surface area contributed by atoms with Crippen molar-refractivity contribution in [2.45, 2.75) is 25.8 Å². The smallest absolute Gasteiger partial charge is 0.266 e. The number of benzene rings is 1. The molecule has 1 amide bonds. The van der Waals surface area contributed by atoms with Crippen LogP contribution in [0, 0.1) is 6.92 Å². The maximum absolute atomic E-state index is 13.3. The molecule has 0 saturated carbocycles. The van der Waals surface area contributed by atoms with Gasteiger partial charge in [0.1, 0.15) is 4.88 Å². The summed E-state index contributed by atoms with van der Waals surface area (Å²) in [5.41, 5.74) is 5.21. The fourth-order valence-electron chi connectivity index (χ4n) is 3.66. The number of likely N-dealkylation sites (tertiary alicyclic amines) is 1. The van der Waals surface area contributed by atoms with E-state index in [9.17, 15) is 4.79 Å². The van der Waals surface area contributed by atoms with Crippen LogP contribution in [0.2, 0.25) is 5.02 Å². The standard InChI is InChI=1S/C21H22ClN5OS/c1-13-19(29-12-24-13)20(28)27-9-5-8-17(27)18-16(11-23-21(25-18)26(2)3)14-6-4-7-15(22)10-14/h4,6-7,10-12,17H,5,8-9H2,1-3H3/t17-/m0/s1. The molecule has 6 nitrogen and oxygen atoms in total. The van der Waals surface area contributed by atoms with Crippen molar-refractivity contribution in [2.24, 2.45) is 0 Å². The minimum atomic E-state index is -0.111. The molecule has 29 heavy (non-hydrogen) atoms. The van der Waals surface area contributed by atoms with Gasteiger partial charge in [0.05, 0.1) is 22.9 Å². The Morgan fingerprint density at radius 3 is 2.83 bits per heavy atom. The van der Waals surface area contributed by atoms with Gasteiger partial charge in [-0.3, -0.25) is 4.79 Å². The van der Waals surface area contributed by atoms with Crippen LogP contribution in [0.15, 0.2) is 36.0 Å². The Kier molecular flexibility index (Phi) is 5.52. The first kappa shape index (κ1) is 19.8. The van der Waals surface area contributed by atoms with E-state index in [1.807, 2.05) is 61.3 Å². The van der Waals surface area contributed by atoms with Gasteiger partial charge in [0.15, 0.2) is 0 Å². The summed E-state index contributed by atoms with van der Waals surface area (Å²) in [5, 5.41) is 0.657. The summed E-state index contributed by atoms with van der Waals surface area (Å²) in [6, 6.07) is 7.56. The molecule has 150 valence electrons. The highest BCUT2D eigenvalue weighted by Gasteiger charge is 2.35. The third kappa shape index (κ3) is 3.84. The Morgan fingerprint density at radius 2 is 2.14 bits per heavy atom. The zero-order valence-corrected chi connectivity index (χ0v) is 18.2. The number of thiazole rings is 1. The molecule has 0 unspecified atom stereocenters. The number of carbonyl (C=O) groups excluding carboxylic acids is 1. The number of halogens is 1. The SMILES string of the molecule is Cc1ncsc1C(=O)N1CCC[C@H]1c1nc(N(C)C)ncc1-c1cccc(Cl)c1. The molecule has 0 spiro atoms. The number of anilines is 1. The summed E-state index contributed by atoms with van der Waals surface area (Å²) in [6.45, 7) is 2.58. The second kappa shape index (κ2) is 8.08. The van der Waals surface area contributed by atoms with Crippen molar-refractivity contribution in [3.8, 4) is 11.1 Å². The van der Waals surface area contributed by atoms with Gasteiger partial charge in [-0.05, 0) is 37.5 Å². The number of hydrogen-bond donors (Lipinski definition) is 0. The van der Waals surface area contributed by atoms with Crippen molar-refractivity contribution in [1.82, 2.24) is 19.9 Å². The van der Waals surface area contributed by atoms with Gasteiger partial charge in [0.2, 0.25) is 5.95 Å². The van der Waals surface area contributed by atoms with E-state index in [0.717, 1.165) is 35.4 Å². The van der Waals surface area contributed by atoms with Crippen LogP contribution in [0.5, 0.6) is 0 Å². The minimum Gasteiger partial charge on any atom is -0.347 e. The molecular formula is C21H22ClN5OS. The van der Waals surface area contributed by atoms with Crippen LogP contribution in [0.3, 0.4) is 0 Å². The van der Waals surface area contributed by atoms with Crippen LogP contribution in [0.25, 0.3) is 11.1 Å². The number of aryl methyl sites for hydroxylation is 1. The molecule has 1 aliphatic rings. The van der Waals surface area contributed by atoms with Crippen LogP contribution in [0.1, 0.15) is 39.9 Å². The Morgan fingerprint density at radius 1 is 1.31 bits per heavy atom. The van der Waals surface area contributed by atoms with Crippen molar-refractivity contribution in [2.75, 3.05) is 25.5 Å². The summed E-state index contributed by atoms with van der Waals surface area (Å²) in [5.74, 6) is 0.647. The number of nitrogens with zero attached hydrogens (tertiary/aromatic N) is 5. The van der Waals surface area contributed by atoms with Gasteiger partial charge in [-0.25, -0.2) is 15.0 Å². The highest BCUT2D eigenvalue weighted by Crippen LogP contribution is 2.38. The zero-order valence-electron chi connectivity index (χ0n) is 16.6. The Labute approximate surface area is 179 Å². The average Bonchev–Trinajstić information content (AvgIpc) is 3.36. The second-order valence-corrected chi connectivity index (χ2v) is 8.59. The first-order chi connectivity index (χ1) is 14.0. The molecule has 0 aliphatic carbocycles. The van der Waals surface area contributed by atoms with Crippen LogP contribution in [0.4, 0.5) is 5.95 Å². The summed E-state index contributed by atoms with van der Waals surface area (Å²) in [4.78, 5) is 31.4. The highest BCUT2D eigenvalue weighted by molar-refractivity contribution is 7.11. The molecule has 1 aliphatic heterocycles. The molecule has 8 heteroatoms. The van der Waals surface area contributed by atoms with Crippen molar-refractivity contribution in [1.29, 1.82) is 0 Å². The van der Waals surface area contributed by atoms with Crippen molar-refractivity contribution < 1.29 is 4.79 Å². The van der Waals surface area contributed by atoms with Gasteiger partial charge < -0.3 is 9.80 Å². The molecule has 1 fully saturated rings. The Bertz CT molecular complexity index is 1050. The Hall–Kier alpha value is -2.51. The van der Waals surface area contributed by atoms with E-state index in [1.165, 1.54) is 11.3 Å². The first-order valence-electron chi connectivity index (χ1n) is 9.47. The maximum atomic E-state index is 13.3. The number of amides is 1. The van der Waals surface area contributed by atoms with E-state index in [1.54, 1.807) is 5.51 Å². The molecule has 0 bridgehead atoms. The van der Waals surface area contributed by atoms with Crippen molar-refractivity contribution in [3.05, 3.63) is 57.3 Å². The first-order valence-corrected chi connectivity index (χ1v) is 10.7. The molecule has 1 saturated heterocycles. The van der Waals surface area contributed by atoms with Gasteiger partial charge in [0.25, 0.3) is 5.91 Å². The van der Waals surface area contributed by atoms with Crippen LogP contribution in [-0.4, -0.2) is 46.4 Å². The fraction of sp³-hybridized carbons (Fsp3) is 0.333. The van der Waals surface area contributed by atoms with E-state index in [-0.39, 0.29) is 11.9 Å². The van der Waals surface area contributed by atoms with E-state index in [4.69, 9.17) is 16.6 Å². The molecule has 4 rings (SSSR count). The van der Waals surface area contributed by atoms with Gasteiger partial charge in [-0.2, -0.15) is 0 Å². The topological polar surface area (TPSA) is 62.2 Å². The predicted octanol–water partition coefficient (Wildman–Crippen LogP) is 4.61. The lowest BCUT2D eigenvalue weighted by atomic mass is 9.99. The molecule has 2 aromatic heterocycles. The van der Waals surface area contributed by atoms with Crippen LogP contribution in [-0.2, 0) is 0 Å². The lowest BCUT2D eigenvalue weighted by Crippen LogP contribution is -2.31. The summed E-state index contributed by atoms with van der Waals surface area (Å²) in [6.07, 6.45) is 3.63. The third-order valence-electron chi connectivity index (χ3n) is 5.11. The van der Waals surface area contributed by atoms with Gasteiger partial charge in [0, 0.05) is 37.4 Å².